The second-order valence-electron chi connectivity index (χ2n) is 3.94. The number of hydrogen-bond donors (Lipinski definition) is 3. The second kappa shape index (κ2) is 5.65. The van der Waals surface area contributed by atoms with E-state index in [4.69, 9.17) is 9.84 Å². The fourth-order valence-corrected chi connectivity index (χ4v) is 1.54. The molecule has 5 heteroatoms. The summed E-state index contributed by atoms with van der Waals surface area (Å²) >= 11 is 0. The molecular weight excluding hydrogens is 220 g/mol. The number of amides is 1. The first-order chi connectivity index (χ1) is 8.29. The van der Waals surface area contributed by atoms with Gasteiger partial charge in [-0.05, 0) is 24.3 Å². The summed E-state index contributed by atoms with van der Waals surface area (Å²) in [6.45, 7) is 1.70. The van der Waals surface area contributed by atoms with E-state index in [9.17, 15) is 4.79 Å². The van der Waals surface area contributed by atoms with Crippen LogP contribution in [0.2, 0.25) is 0 Å². The van der Waals surface area contributed by atoms with E-state index >= 15 is 0 Å². The molecule has 0 spiro atoms. The van der Waals surface area contributed by atoms with E-state index in [2.05, 4.69) is 10.6 Å². The lowest BCUT2D eigenvalue weighted by Gasteiger charge is -2.27. The number of aliphatic hydroxyl groups is 1. The topological polar surface area (TPSA) is 70.6 Å². The molecule has 1 heterocycles. The summed E-state index contributed by atoms with van der Waals surface area (Å²) in [5, 5.41) is 14.5. The maximum absolute atomic E-state index is 11.5. The van der Waals surface area contributed by atoms with Crippen molar-refractivity contribution in [3.63, 3.8) is 0 Å². The van der Waals surface area contributed by atoms with Gasteiger partial charge in [-0.15, -0.1) is 0 Å². The molecule has 1 aliphatic rings. The van der Waals surface area contributed by atoms with Gasteiger partial charge in [0.05, 0.1) is 25.9 Å². The maximum atomic E-state index is 11.5. The molecule has 0 aromatic heterocycles. The lowest BCUT2D eigenvalue weighted by molar-refractivity contribution is 0.0211. The fourth-order valence-electron chi connectivity index (χ4n) is 1.54. The van der Waals surface area contributed by atoms with E-state index in [0.29, 0.717) is 11.6 Å². The number of rotatable bonds is 5. The van der Waals surface area contributed by atoms with Gasteiger partial charge in [0.25, 0.3) is 5.91 Å². The van der Waals surface area contributed by atoms with Crippen LogP contribution in [0, 0.1) is 0 Å². The summed E-state index contributed by atoms with van der Waals surface area (Å²) < 4.78 is 5.06. The van der Waals surface area contributed by atoms with Gasteiger partial charge in [-0.1, -0.05) is 0 Å². The van der Waals surface area contributed by atoms with Gasteiger partial charge in [0.15, 0.2) is 0 Å². The summed E-state index contributed by atoms with van der Waals surface area (Å²) in [5.74, 6) is -0.169. The van der Waals surface area contributed by atoms with E-state index in [-0.39, 0.29) is 19.1 Å². The Hall–Kier alpha value is -1.59. The van der Waals surface area contributed by atoms with Gasteiger partial charge in [-0.2, -0.15) is 0 Å². The molecule has 1 fully saturated rings. The Labute approximate surface area is 99.8 Å². The number of aliphatic hydroxyl groups excluding tert-OH is 1. The number of hydrogen-bond acceptors (Lipinski definition) is 4. The lowest BCUT2D eigenvalue weighted by atomic mass is 10.1. The van der Waals surface area contributed by atoms with E-state index < -0.39 is 0 Å². The van der Waals surface area contributed by atoms with E-state index in [1.807, 2.05) is 12.1 Å². The predicted molar refractivity (Wildman–Crippen MR) is 64.1 cm³/mol. The molecular formula is C12H16N2O3. The maximum Gasteiger partial charge on any atom is 0.251 e. The Morgan fingerprint density at radius 2 is 2.06 bits per heavy atom. The number of anilines is 1. The zero-order valence-electron chi connectivity index (χ0n) is 9.48. The predicted octanol–water partition coefficient (Wildman–Crippen LogP) is 0.219. The van der Waals surface area contributed by atoms with Crippen LogP contribution in [0.25, 0.3) is 0 Å². The van der Waals surface area contributed by atoms with Gasteiger partial charge >= 0.3 is 0 Å². The Morgan fingerprint density at radius 3 is 2.59 bits per heavy atom. The second-order valence-corrected chi connectivity index (χ2v) is 3.94. The molecule has 1 saturated heterocycles. The summed E-state index contributed by atoms with van der Waals surface area (Å²) in [6.07, 6.45) is 0. The Balaban J connectivity index is 1.89. The largest absolute Gasteiger partial charge is 0.395 e. The van der Waals surface area contributed by atoms with Crippen molar-refractivity contribution >= 4 is 11.6 Å². The van der Waals surface area contributed by atoms with Crippen LogP contribution in [0.4, 0.5) is 5.69 Å². The van der Waals surface area contributed by atoms with Gasteiger partial charge in [0.1, 0.15) is 0 Å². The minimum atomic E-state index is -0.169. The van der Waals surface area contributed by atoms with Crippen molar-refractivity contribution < 1.29 is 14.6 Å². The van der Waals surface area contributed by atoms with Crippen molar-refractivity contribution in [1.82, 2.24) is 5.32 Å². The third-order valence-corrected chi connectivity index (χ3v) is 2.55. The van der Waals surface area contributed by atoms with Crippen molar-refractivity contribution in [2.45, 2.75) is 6.04 Å². The highest BCUT2D eigenvalue weighted by atomic mass is 16.5. The number of nitrogens with one attached hydrogen (secondary N) is 2. The van der Waals surface area contributed by atoms with Crippen molar-refractivity contribution in [3.05, 3.63) is 29.8 Å². The average Bonchev–Trinajstić information content (AvgIpc) is 2.31. The molecule has 0 radical (unpaired) electrons. The zero-order chi connectivity index (χ0) is 12.1. The molecule has 3 N–H and O–H groups in total. The highest BCUT2D eigenvalue weighted by Gasteiger charge is 2.17. The quantitative estimate of drug-likeness (QED) is 0.684. The molecule has 17 heavy (non-hydrogen) atoms. The van der Waals surface area contributed by atoms with Crippen LogP contribution in [0.5, 0.6) is 0 Å². The van der Waals surface area contributed by atoms with E-state index in [1.165, 1.54) is 0 Å². The minimum Gasteiger partial charge on any atom is -0.395 e. The van der Waals surface area contributed by atoms with Crippen LogP contribution in [-0.2, 0) is 4.74 Å². The molecule has 1 aromatic carbocycles. The first-order valence-corrected chi connectivity index (χ1v) is 5.63. The van der Waals surface area contributed by atoms with Crippen molar-refractivity contribution in [2.75, 3.05) is 31.7 Å². The first kappa shape index (κ1) is 11.9. The monoisotopic (exact) mass is 236 g/mol. The number of ether oxygens (including phenoxy) is 1. The third-order valence-electron chi connectivity index (χ3n) is 2.55. The van der Waals surface area contributed by atoms with Crippen LogP contribution in [0.3, 0.4) is 0 Å². The molecule has 0 bridgehead atoms. The first-order valence-electron chi connectivity index (χ1n) is 5.63. The molecule has 0 saturated carbocycles. The standard InChI is InChI=1S/C12H16N2O3/c15-6-5-13-12(16)9-1-3-10(4-2-9)14-11-7-17-8-11/h1-4,11,14-15H,5-8H2,(H,13,16). The zero-order valence-corrected chi connectivity index (χ0v) is 9.48. The normalized spacial score (nSPS) is 15.1. The van der Waals surface area contributed by atoms with Crippen LogP contribution in [0.1, 0.15) is 10.4 Å². The van der Waals surface area contributed by atoms with Gasteiger partial charge in [0, 0.05) is 17.8 Å². The fraction of sp³-hybridized carbons (Fsp3) is 0.417. The SMILES string of the molecule is O=C(NCCO)c1ccc(NC2COC2)cc1. The average molecular weight is 236 g/mol. The van der Waals surface area contributed by atoms with Crippen LogP contribution >= 0.6 is 0 Å². The van der Waals surface area contributed by atoms with Gasteiger partial charge in [0.2, 0.25) is 0 Å². The number of benzene rings is 1. The van der Waals surface area contributed by atoms with Crippen LogP contribution < -0.4 is 10.6 Å². The van der Waals surface area contributed by atoms with Crippen LogP contribution in [0.15, 0.2) is 24.3 Å². The molecule has 2 rings (SSSR count). The smallest absolute Gasteiger partial charge is 0.251 e. The third kappa shape index (κ3) is 3.18. The molecule has 0 unspecified atom stereocenters. The highest BCUT2D eigenvalue weighted by Crippen LogP contribution is 2.13. The molecule has 92 valence electrons. The molecule has 0 aliphatic carbocycles. The molecule has 1 aliphatic heterocycles. The Bertz CT molecular complexity index is 374. The number of carbonyl (C=O) groups excluding carboxylic acids is 1. The van der Waals surface area contributed by atoms with Gasteiger partial charge in [-0.3, -0.25) is 4.79 Å². The molecule has 5 nitrogen and oxygen atoms in total. The Kier molecular flexibility index (Phi) is 3.95. The summed E-state index contributed by atoms with van der Waals surface area (Å²) in [6, 6.07) is 7.63. The highest BCUT2D eigenvalue weighted by molar-refractivity contribution is 5.94. The summed E-state index contributed by atoms with van der Waals surface area (Å²) in [7, 11) is 0. The van der Waals surface area contributed by atoms with Crippen molar-refractivity contribution in [2.24, 2.45) is 0 Å². The molecule has 1 aromatic rings. The van der Waals surface area contributed by atoms with Gasteiger partial charge < -0.3 is 20.5 Å². The van der Waals surface area contributed by atoms with Crippen molar-refractivity contribution in [3.8, 4) is 0 Å². The van der Waals surface area contributed by atoms with Crippen LogP contribution in [-0.4, -0.2) is 43.4 Å². The van der Waals surface area contributed by atoms with Gasteiger partial charge in [-0.25, -0.2) is 0 Å². The van der Waals surface area contributed by atoms with Crippen molar-refractivity contribution in [1.29, 1.82) is 0 Å². The van der Waals surface area contributed by atoms with E-state index in [0.717, 1.165) is 18.9 Å². The minimum absolute atomic E-state index is 0.0486. The molecule has 1 amide bonds. The van der Waals surface area contributed by atoms with E-state index in [1.54, 1.807) is 12.1 Å². The molecule has 0 atom stereocenters. The number of carbonyl (C=O) groups is 1. The summed E-state index contributed by atoms with van der Waals surface area (Å²) in [4.78, 5) is 11.5. The Morgan fingerprint density at radius 1 is 1.35 bits per heavy atom. The lowest BCUT2D eigenvalue weighted by Crippen LogP contribution is -2.40. The summed E-state index contributed by atoms with van der Waals surface area (Å²) in [5.41, 5.74) is 1.57.